The maximum absolute atomic E-state index is 3.77. The van der Waals surface area contributed by atoms with E-state index in [2.05, 4.69) is 61.2 Å². The third-order valence-corrected chi connectivity index (χ3v) is 4.70. The van der Waals surface area contributed by atoms with E-state index in [0.717, 1.165) is 68.3 Å². The fourth-order valence-corrected chi connectivity index (χ4v) is 3.11. The predicted octanol–water partition coefficient (Wildman–Crippen LogP) is 3.92. The number of rotatable bonds is 0. The number of aromatic nitrogens is 12. The molecule has 0 spiro atoms. The zero-order valence-electron chi connectivity index (χ0n) is 28.6. The Morgan fingerprint density at radius 3 is 0.375 bits per heavy atom. The zero-order chi connectivity index (χ0) is 31.7. The molecule has 288 valence electrons. The molecule has 12 nitrogen and oxygen atoms in total. The number of aryl methyl sites for hydroxylation is 12. The predicted molar refractivity (Wildman–Crippen MR) is 162 cm³/mol. The maximum Gasteiger partial charge on any atom is 1.00 e. The van der Waals surface area contributed by atoms with Gasteiger partial charge in [-0.2, -0.15) is 0 Å². The standard InChI is InChI=1S/6C5H7N2.6Cu/c6*1-4-3-5(2)7-6-4;;;;;;/h6*3H,1-2H3;;;;;;/q6*-1;6*+1. The molecule has 6 rings (SSSR count). The Balaban J connectivity index is -0.000000108. The Labute approximate surface area is 348 Å². The van der Waals surface area contributed by atoms with Crippen LogP contribution in [-0.2, 0) is 102 Å². The van der Waals surface area contributed by atoms with Gasteiger partial charge in [-0.1, -0.05) is 77.9 Å². The molecular formula is C30H42Cu6N12. The molecule has 0 saturated carbocycles. The van der Waals surface area contributed by atoms with Crippen LogP contribution in [0, 0.1) is 83.1 Å². The van der Waals surface area contributed by atoms with Crippen molar-refractivity contribution in [2.45, 2.75) is 83.1 Å². The number of nitrogens with zero attached hydrogens (tertiary/aromatic N) is 12. The summed E-state index contributed by atoms with van der Waals surface area (Å²) >= 11 is 0. The van der Waals surface area contributed by atoms with Crippen LogP contribution in [-0.4, -0.2) is 30.6 Å². The van der Waals surface area contributed by atoms with Gasteiger partial charge in [-0.15, -0.1) is 34.2 Å². The summed E-state index contributed by atoms with van der Waals surface area (Å²) in [7, 11) is 0. The van der Waals surface area contributed by atoms with Gasteiger partial charge in [0.05, 0.1) is 0 Å². The van der Waals surface area contributed by atoms with Crippen LogP contribution < -0.4 is 30.6 Å². The quantitative estimate of drug-likeness (QED) is 0.202. The first-order valence-electron chi connectivity index (χ1n) is 13.3. The molecule has 6 aromatic rings. The second-order valence-electron chi connectivity index (χ2n) is 9.76. The molecule has 0 aliphatic heterocycles. The Morgan fingerprint density at radius 2 is 0.354 bits per heavy atom. The van der Waals surface area contributed by atoms with E-state index in [1.165, 1.54) is 0 Å². The average molecular weight is 952 g/mol. The molecule has 0 bridgehead atoms. The SMILES string of the molecule is Cc1cc(C)[n-]n1.Cc1cc(C)[n-]n1.Cc1cc(C)[n-]n1.Cc1cc(C)[n-]n1.Cc1cc(C)[n-]n1.Cc1cc(C)[n-]n1.[Cu+].[Cu+].[Cu+].[Cu+].[Cu+].[Cu+]. The first kappa shape index (κ1) is 58.6. The van der Waals surface area contributed by atoms with Crippen molar-refractivity contribution in [3.8, 4) is 0 Å². The van der Waals surface area contributed by atoms with E-state index in [0.29, 0.717) is 0 Å². The fraction of sp³-hybridized carbons (Fsp3) is 0.400. The zero-order valence-corrected chi connectivity index (χ0v) is 34.3. The van der Waals surface area contributed by atoms with Gasteiger partial charge in [-0.25, -0.2) is 0 Å². The average Bonchev–Trinajstić information content (AvgIpc) is 3.76. The van der Waals surface area contributed by atoms with Gasteiger partial charge in [0.15, 0.2) is 0 Å². The Kier molecular flexibility index (Phi) is 39.7. The van der Waals surface area contributed by atoms with Crippen LogP contribution in [0.25, 0.3) is 0 Å². The minimum absolute atomic E-state index is 0. The summed E-state index contributed by atoms with van der Waals surface area (Å²) in [5.41, 5.74) is 12.0. The third-order valence-electron chi connectivity index (χ3n) is 4.70. The normalized spacial score (nSPS) is 8.25. The van der Waals surface area contributed by atoms with Gasteiger partial charge in [0, 0.05) is 34.2 Å². The second kappa shape index (κ2) is 32.6. The summed E-state index contributed by atoms with van der Waals surface area (Å²) in [6.45, 7) is 23.2. The van der Waals surface area contributed by atoms with E-state index < -0.39 is 0 Å². The molecule has 6 aromatic heterocycles. The van der Waals surface area contributed by atoms with E-state index in [1.807, 2.05) is 119 Å². The van der Waals surface area contributed by atoms with Gasteiger partial charge in [-0.3, -0.25) is 0 Å². The van der Waals surface area contributed by atoms with E-state index in [1.54, 1.807) is 0 Å². The Bertz CT molecular complexity index is 1150. The van der Waals surface area contributed by atoms with Gasteiger partial charge in [-0.05, 0) is 41.5 Å². The summed E-state index contributed by atoms with van der Waals surface area (Å²) in [5.74, 6) is 0. The van der Waals surface area contributed by atoms with E-state index in [9.17, 15) is 0 Å². The van der Waals surface area contributed by atoms with Crippen LogP contribution in [0.3, 0.4) is 0 Å². The smallest absolute Gasteiger partial charge is 0.579 e. The van der Waals surface area contributed by atoms with Gasteiger partial charge in [0.25, 0.3) is 0 Å². The molecule has 48 heavy (non-hydrogen) atoms. The Morgan fingerprint density at radius 1 is 0.250 bits per heavy atom. The van der Waals surface area contributed by atoms with Crippen LogP contribution >= 0.6 is 0 Å². The van der Waals surface area contributed by atoms with Gasteiger partial charge < -0.3 is 61.2 Å². The van der Waals surface area contributed by atoms with Gasteiger partial charge in [0.2, 0.25) is 0 Å². The van der Waals surface area contributed by atoms with Crippen LogP contribution in [0.4, 0.5) is 0 Å². The molecule has 18 heteroatoms. The van der Waals surface area contributed by atoms with Crippen molar-refractivity contribution in [1.29, 1.82) is 0 Å². The molecule has 0 aliphatic carbocycles. The summed E-state index contributed by atoms with van der Waals surface area (Å²) in [6, 6.07) is 11.7. The van der Waals surface area contributed by atoms with Crippen molar-refractivity contribution in [3.05, 3.63) is 105 Å². The summed E-state index contributed by atoms with van der Waals surface area (Å²) < 4.78 is 0. The van der Waals surface area contributed by atoms with Gasteiger partial charge in [0.1, 0.15) is 0 Å². The van der Waals surface area contributed by atoms with Crippen molar-refractivity contribution >= 4 is 0 Å². The second-order valence-corrected chi connectivity index (χ2v) is 9.76. The largest absolute Gasteiger partial charge is 1.00 e. The number of hydrogen-bond acceptors (Lipinski definition) is 6. The third kappa shape index (κ3) is 30.4. The van der Waals surface area contributed by atoms with E-state index >= 15 is 0 Å². The molecule has 0 radical (unpaired) electrons. The Hall–Kier alpha value is -1.62. The minimum atomic E-state index is 0. The van der Waals surface area contributed by atoms with Crippen molar-refractivity contribution in [3.63, 3.8) is 0 Å². The van der Waals surface area contributed by atoms with Crippen molar-refractivity contribution < 1.29 is 102 Å². The van der Waals surface area contributed by atoms with Crippen LogP contribution in [0.5, 0.6) is 0 Å². The minimum Gasteiger partial charge on any atom is -0.579 e. The summed E-state index contributed by atoms with van der Waals surface area (Å²) in [6.07, 6.45) is 0. The molecule has 0 atom stereocenters. The monoisotopic (exact) mass is 948 g/mol. The molecule has 0 aliphatic rings. The van der Waals surface area contributed by atoms with Crippen molar-refractivity contribution in [2.75, 3.05) is 0 Å². The molecule has 0 N–H and O–H groups in total. The first-order chi connectivity index (χ1) is 19.7. The molecule has 0 unspecified atom stereocenters. The molecule has 0 amide bonds. The maximum atomic E-state index is 3.77. The van der Waals surface area contributed by atoms with Crippen LogP contribution in [0.15, 0.2) is 36.4 Å². The molecule has 6 heterocycles. The van der Waals surface area contributed by atoms with Crippen LogP contribution in [0.1, 0.15) is 68.3 Å². The van der Waals surface area contributed by atoms with Crippen LogP contribution in [0.2, 0.25) is 0 Å². The fourth-order valence-electron chi connectivity index (χ4n) is 3.11. The van der Waals surface area contributed by atoms with Gasteiger partial charge >= 0.3 is 102 Å². The van der Waals surface area contributed by atoms with Crippen molar-refractivity contribution in [2.24, 2.45) is 0 Å². The molecule has 0 fully saturated rings. The van der Waals surface area contributed by atoms with E-state index in [4.69, 9.17) is 0 Å². The molecule has 0 saturated heterocycles. The molecular weight excluding hydrogens is 910 g/mol. The van der Waals surface area contributed by atoms with E-state index in [-0.39, 0.29) is 102 Å². The van der Waals surface area contributed by atoms with Crippen molar-refractivity contribution in [1.82, 2.24) is 61.2 Å². The molecule has 0 aromatic carbocycles. The summed E-state index contributed by atoms with van der Waals surface area (Å²) in [4.78, 5) is 0. The first-order valence-corrected chi connectivity index (χ1v) is 13.3. The summed E-state index contributed by atoms with van der Waals surface area (Å²) in [5, 5.41) is 45.2. The number of hydrogen-bond donors (Lipinski definition) is 0. The topological polar surface area (TPSA) is 162 Å².